The van der Waals surface area contributed by atoms with Crippen molar-refractivity contribution in [2.75, 3.05) is 26.2 Å². The van der Waals surface area contributed by atoms with Crippen molar-refractivity contribution in [1.29, 1.82) is 0 Å². The van der Waals surface area contributed by atoms with Crippen LogP contribution in [0.25, 0.3) is 21.9 Å². The Labute approximate surface area is 141 Å². The largest absolute Gasteiger partial charge is 0.494 e. The number of nitrogens with one attached hydrogen (secondary N) is 2. The van der Waals surface area contributed by atoms with Gasteiger partial charge in [-0.05, 0) is 39.0 Å². The van der Waals surface area contributed by atoms with E-state index in [0.29, 0.717) is 24.2 Å². The SMILES string of the molecule is CCOc1ccc2[nH]c3c(=O)n(CC[NH+](CC)CC)cnc3c2c1. The van der Waals surface area contributed by atoms with Crippen LogP contribution in [0.2, 0.25) is 0 Å². The molecule has 0 unspecified atom stereocenters. The van der Waals surface area contributed by atoms with E-state index < -0.39 is 0 Å². The van der Waals surface area contributed by atoms with Gasteiger partial charge in [-0.15, -0.1) is 0 Å². The summed E-state index contributed by atoms with van der Waals surface area (Å²) in [4.78, 5) is 22.0. The zero-order valence-corrected chi connectivity index (χ0v) is 14.6. The quantitative estimate of drug-likeness (QED) is 0.685. The van der Waals surface area contributed by atoms with Crippen LogP contribution in [-0.2, 0) is 6.54 Å². The van der Waals surface area contributed by atoms with Gasteiger partial charge in [-0.25, -0.2) is 4.98 Å². The predicted molar refractivity (Wildman–Crippen MR) is 95.9 cm³/mol. The molecule has 128 valence electrons. The van der Waals surface area contributed by atoms with Crippen molar-refractivity contribution >= 4 is 21.9 Å². The van der Waals surface area contributed by atoms with Gasteiger partial charge >= 0.3 is 0 Å². The first kappa shape index (κ1) is 16.5. The second kappa shape index (κ2) is 7.05. The fourth-order valence-corrected chi connectivity index (χ4v) is 3.07. The molecule has 6 nitrogen and oxygen atoms in total. The number of aromatic nitrogens is 3. The molecule has 6 heteroatoms. The Morgan fingerprint density at radius 1 is 1.25 bits per heavy atom. The van der Waals surface area contributed by atoms with Gasteiger partial charge in [0.15, 0.2) is 0 Å². The zero-order chi connectivity index (χ0) is 17.1. The van der Waals surface area contributed by atoms with Gasteiger partial charge in [-0.2, -0.15) is 0 Å². The van der Waals surface area contributed by atoms with E-state index in [0.717, 1.165) is 36.3 Å². The smallest absolute Gasteiger partial charge is 0.277 e. The first-order valence-corrected chi connectivity index (χ1v) is 8.65. The van der Waals surface area contributed by atoms with Crippen LogP contribution in [0.3, 0.4) is 0 Å². The maximum atomic E-state index is 12.7. The Balaban J connectivity index is 1.99. The van der Waals surface area contributed by atoms with Gasteiger partial charge in [0.25, 0.3) is 5.56 Å². The van der Waals surface area contributed by atoms with Crippen molar-refractivity contribution in [3.63, 3.8) is 0 Å². The van der Waals surface area contributed by atoms with E-state index in [1.807, 2.05) is 25.1 Å². The molecule has 0 saturated heterocycles. The number of likely N-dealkylation sites (N-methyl/N-ethyl adjacent to an activating group) is 1. The topological polar surface area (TPSA) is 64.3 Å². The van der Waals surface area contributed by atoms with Crippen LogP contribution < -0.4 is 15.2 Å². The molecule has 0 spiro atoms. The number of fused-ring (bicyclic) bond motifs is 3. The van der Waals surface area contributed by atoms with E-state index in [-0.39, 0.29) is 5.56 Å². The average Bonchev–Trinajstić information content (AvgIpc) is 2.97. The highest BCUT2D eigenvalue weighted by Crippen LogP contribution is 2.25. The van der Waals surface area contributed by atoms with E-state index in [1.54, 1.807) is 10.9 Å². The van der Waals surface area contributed by atoms with Crippen molar-refractivity contribution < 1.29 is 9.64 Å². The lowest BCUT2D eigenvalue weighted by molar-refractivity contribution is -0.897. The predicted octanol–water partition coefficient (Wildman–Crippen LogP) is 1.20. The Bertz CT molecular complexity index is 893. The number of quaternary nitrogens is 1. The number of nitrogens with zero attached hydrogens (tertiary/aromatic N) is 2. The molecule has 1 aromatic carbocycles. The van der Waals surface area contributed by atoms with Crippen LogP contribution in [0.5, 0.6) is 5.75 Å². The van der Waals surface area contributed by atoms with Crippen LogP contribution in [0.4, 0.5) is 0 Å². The van der Waals surface area contributed by atoms with Crippen LogP contribution >= 0.6 is 0 Å². The molecule has 0 saturated carbocycles. The molecule has 0 radical (unpaired) electrons. The second-order valence-corrected chi connectivity index (χ2v) is 5.94. The molecular formula is C18H25N4O2+. The van der Waals surface area contributed by atoms with E-state index in [1.165, 1.54) is 4.90 Å². The maximum Gasteiger partial charge on any atom is 0.277 e. The third kappa shape index (κ3) is 3.01. The zero-order valence-electron chi connectivity index (χ0n) is 14.6. The molecule has 0 aliphatic rings. The number of hydrogen-bond acceptors (Lipinski definition) is 3. The van der Waals surface area contributed by atoms with E-state index in [4.69, 9.17) is 4.74 Å². The summed E-state index contributed by atoms with van der Waals surface area (Å²) in [6.07, 6.45) is 1.66. The minimum absolute atomic E-state index is 0.0132. The van der Waals surface area contributed by atoms with Gasteiger partial charge in [0.2, 0.25) is 0 Å². The van der Waals surface area contributed by atoms with Crippen molar-refractivity contribution in [2.45, 2.75) is 27.3 Å². The number of benzene rings is 1. The lowest BCUT2D eigenvalue weighted by atomic mass is 10.2. The van der Waals surface area contributed by atoms with Crippen molar-refractivity contribution in [2.24, 2.45) is 0 Å². The summed E-state index contributed by atoms with van der Waals surface area (Å²) in [6.45, 7) is 10.6. The Kier molecular flexibility index (Phi) is 4.85. The lowest BCUT2D eigenvalue weighted by Crippen LogP contribution is -3.11. The van der Waals surface area contributed by atoms with Gasteiger partial charge < -0.3 is 14.6 Å². The molecule has 2 N–H and O–H groups in total. The summed E-state index contributed by atoms with van der Waals surface area (Å²) in [7, 11) is 0. The minimum Gasteiger partial charge on any atom is -0.494 e. The minimum atomic E-state index is -0.0132. The fourth-order valence-electron chi connectivity index (χ4n) is 3.07. The van der Waals surface area contributed by atoms with E-state index >= 15 is 0 Å². The van der Waals surface area contributed by atoms with Gasteiger partial charge in [0.05, 0.1) is 39.1 Å². The molecule has 2 aromatic heterocycles. The van der Waals surface area contributed by atoms with Crippen LogP contribution in [0.15, 0.2) is 29.3 Å². The van der Waals surface area contributed by atoms with E-state index in [9.17, 15) is 4.79 Å². The number of rotatable bonds is 7. The Hall–Kier alpha value is -2.34. The molecular weight excluding hydrogens is 304 g/mol. The lowest BCUT2D eigenvalue weighted by Gasteiger charge is -2.15. The Morgan fingerprint density at radius 2 is 2.04 bits per heavy atom. The number of hydrogen-bond donors (Lipinski definition) is 2. The highest BCUT2D eigenvalue weighted by atomic mass is 16.5. The summed E-state index contributed by atoms with van der Waals surface area (Å²) in [5, 5.41) is 0.926. The van der Waals surface area contributed by atoms with Gasteiger partial charge in [-0.3, -0.25) is 9.36 Å². The molecule has 0 amide bonds. The first-order valence-electron chi connectivity index (χ1n) is 8.65. The molecule has 0 aliphatic heterocycles. The van der Waals surface area contributed by atoms with Gasteiger partial charge in [0.1, 0.15) is 16.8 Å². The summed E-state index contributed by atoms with van der Waals surface area (Å²) in [5.74, 6) is 0.794. The first-order chi connectivity index (χ1) is 11.7. The molecule has 24 heavy (non-hydrogen) atoms. The molecule has 0 fully saturated rings. The number of H-pyrrole nitrogens is 1. The molecule has 0 atom stereocenters. The summed E-state index contributed by atoms with van der Waals surface area (Å²) in [6, 6.07) is 5.78. The highest BCUT2D eigenvalue weighted by Gasteiger charge is 2.12. The molecule has 3 rings (SSSR count). The van der Waals surface area contributed by atoms with Crippen molar-refractivity contribution in [1.82, 2.24) is 14.5 Å². The molecule has 3 aromatic rings. The highest BCUT2D eigenvalue weighted by molar-refractivity contribution is 6.04. The third-order valence-corrected chi connectivity index (χ3v) is 4.56. The summed E-state index contributed by atoms with van der Waals surface area (Å²) < 4.78 is 7.25. The van der Waals surface area contributed by atoms with Crippen LogP contribution in [-0.4, -0.2) is 40.8 Å². The Morgan fingerprint density at radius 3 is 2.75 bits per heavy atom. The maximum absolute atomic E-state index is 12.7. The molecule has 2 heterocycles. The van der Waals surface area contributed by atoms with Crippen molar-refractivity contribution in [3.8, 4) is 5.75 Å². The monoisotopic (exact) mass is 329 g/mol. The average molecular weight is 329 g/mol. The van der Waals surface area contributed by atoms with Crippen LogP contribution in [0, 0.1) is 0 Å². The van der Waals surface area contributed by atoms with Crippen molar-refractivity contribution in [3.05, 3.63) is 34.9 Å². The number of aromatic amines is 1. The second-order valence-electron chi connectivity index (χ2n) is 5.94. The van der Waals surface area contributed by atoms with Gasteiger partial charge in [-0.1, -0.05) is 0 Å². The normalized spacial score (nSPS) is 11.7. The van der Waals surface area contributed by atoms with Gasteiger partial charge in [0, 0.05) is 10.9 Å². The van der Waals surface area contributed by atoms with E-state index in [2.05, 4.69) is 23.8 Å². The number of ether oxygens (including phenoxy) is 1. The summed E-state index contributed by atoms with van der Waals surface area (Å²) in [5.41, 5.74) is 2.17. The summed E-state index contributed by atoms with van der Waals surface area (Å²) >= 11 is 0. The third-order valence-electron chi connectivity index (χ3n) is 4.56. The molecule has 0 aliphatic carbocycles. The fraction of sp³-hybridized carbons (Fsp3) is 0.444. The van der Waals surface area contributed by atoms with Crippen LogP contribution in [0.1, 0.15) is 20.8 Å². The standard InChI is InChI=1S/C18H24N4O2/c1-4-21(5-2)9-10-22-12-19-16-14-11-13(24-6-3)7-8-15(14)20-17(16)18(22)23/h7-8,11-12,20H,4-6,9-10H2,1-3H3/p+1. The molecule has 0 bridgehead atoms.